The van der Waals surface area contributed by atoms with Gasteiger partial charge < -0.3 is 15.2 Å². The molecular formula is C16H16N2O6. The van der Waals surface area contributed by atoms with Crippen LogP contribution in [0.5, 0.6) is 0 Å². The van der Waals surface area contributed by atoms with E-state index in [4.69, 9.17) is 4.74 Å². The molecule has 0 spiro atoms. The van der Waals surface area contributed by atoms with Crippen LogP contribution in [-0.2, 0) is 14.3 Å². The fourth-order valence-electron chi connectivity index (χ4n) is 3.55. The summed E-state index contributed by atoms with van der Waals surface area (Å²) in [7, 11) is 0. The van der Waals surface area contributed by atoms with Gasteiger partial charge in [-0.05, 0) is 19.4 Å². The normalized spacial score (nSPS) is 28.9. The number of non-ortho nitro benzene ring substituents is 1. The number of esters is 1. The maximum absolute atomic E-state index is 12.2. The topological polar surface area (TPSA) is 119 Å². The molecule has 0 amide bonds. The van der Waals surface area contributed by atoms with Crippen molar-refractivity contribution in [1.82, 2.24) is 5.32 Å². The third kappa shape index (κ3) is 2.35. The number of hydrogen-bond donors (Lipinski definition) is 2. The Hall–Kier alpha value is -2.74. The molecule has 0 unspecified atom stereocenters. The van der Waals surface area contributed by atoms with Crippen molar-refractivity contribution >= 4 is 17.4 Å². The summed E-state index contributed by atoms with van der Waals surface area (Å²) >= 11 is 0. The number of nitrogens with zero attached hydrogens (tertiary/aromatic N) is 1. The van der Waals surface area contributed by atoms with Crippen LogP contribution in [0.15, 0.2) is 35.5 Å². The highest BCUT2D eigenvalue weighted by Gasteiger charge is 2.58. The predicted molar refractivity (Wildman–Crippen MR) is 81.8 cm³/mol. The lowest BCUT2D eigenvalue weighted by Crippen LogP contribution is -2.56. The van der Waals surface area contributed by atoms with Crippen LogP contribution in [0.25, 0.3) is 0 Å². The molecule has 126 valence electrons. The van der Waals surface area contributed by atoms with Gasteiger partial charge in [0.05, 0.1) is 4.92 Å². The first-order valence-corrected chi connectivity index (χ1v) is 7.38. The Kier molecular flexibility index (Phi) is 3.64. The zero-order valence-corrected chi connectivity index (χ0v) is 13.1. The van der Waals surface area contributed by atoms with Crippen molar-refractivity contribution in [3.05, 3.63) is 51.2 Å². The number of ketones is 1. The summed E-state index contributed by atoms with van der Waals surface area (Å²) in [5.41, 5.74) is -0.644. The number of hydrogen-bond acceptors (Lipinski definition) is 7. The fourth-order valence-corrected chi connectivity index (χ4v) is 3.55. The maximum atomic E-state index is 12.2. The first-order chi connectivity index (χ1) is 11.2. The molecular weight excluding hydrogens is 316 g/mol. The molecule has 8 nitrogen and oxygen atoms in total. The number of cyclic esters (lactones) is 1. The molecule has 0 aromatic heterocycles. The standard InChI is InChI=1S/C16H16N2O6/c1-8-12(9(2)19)13(10-4-3-5-11(6-10)18(22)23)14-15(20)24-7-16(14,21)17-8/h3-6,13-14,17,21H,7H2,1-2H3/t13-,14-,16-/m1/s1. The Morgan fingerprint density at radius 2 is 2.21 bits per heavy atom. The van der Waals surface area contributed by atoms with Crippen LogP contribution in [0.1, 0.15) is 25.3 Å². The second-order valence-electron chi connectivity index (χ2n) is 6.06. The van der Waals surface area contributed by atoms with E-state index >= 15 is 0 Å². The second kappa shape index (κ2) is 5.41. The number of rotatable bonds is 3. The number of nitrogens with one attached hydrogen (secondary N) is 1. The van der Waals surface area contributed by atoms with E-state index in [1.807, 2.05) is 0 Å². The number of benzene rings is 1. The van der Waals surface area contributed by atoms with Crippen LogP contribution in [-0.4, -0.2) is 34.1 Å². The summed E-state index contributed by atoms with van der Waals surface area (Å²) in [4.78, 5) is 34.8. The summed E-state index contributed by atoms with van der Waals surface area (Å²) in [5.74, 6) is -2.79. The molecule has 3 rings (SSSR count). The van der Waals surface area contributed by atoms with Gasteiger partial charge in [-0.15, -0.1) is 0 Å². The Labute approximate surface area is 137 Å². The maximum Gasteiger partial charge on any atom is 0.315 e. The lowest BCUT2D eigenvalue weighted by atomic mass is 9.72. The molecule has 1 aromatic carbocycles. The van der Waals surface area contributed by atoms with Crippen molar-refractivity contribution in [2.75, 3.05) is 6.61 Å². The first kappa shape index (κ1) is 16.1. The van der Waals surface area contributed by atoms with Crippen LogP contribution >= 0.6 is 0 Å². The van der Waals surface area contributed by atoms with Gasteiger partial charge in [-0.3, -0.25) is 19.7 Å². The Morgan fingerprint density at radius 3 is 2.83 bits per heavy atom. The molecule has 2 aliphatic heterocycles. The average molecular weight is 332 g/mol. The minimum Gasteiger partial charge on any atom is -0.460 e. The summed E-state index contributed by atoms with van der Waals surface area (Å²) in [6.07, 6.45) is 0. The van der Waals surface area contributed by atoms with E-state index in [1.54, 1.807) is 13.0 Å². The van der Waals surface area contributed by atoms with Gasteiger partial charge in [0.1, 0.15) is 12.5 Å². The summed E-state index contributed by atoms with van der Waals surface area (Å²) in [5, 5.41) is 24.6. The van der Waals surface area contributed by atoms with E-state index in [1.165, 1.54) is 25.1 Å². The van der Waals surface area contributed by atoms with Gasteiger partial charge in [-0.2, -0.15) is 0 Å². The van der Waals surface area contributed by atoms with Crippen molar-refractivity contribution in [2.45, 2.75) is 25.5 Å². The number of fused-ring (bicyclic) bond motifs is 1. The first-order valence-electron chi connectivity index (χ1n) is 7.38. The van der Waals surface area contributed by atoms with Crippen LogP contribution in [0.4, 0.5) is 5.69 Å². The van der Waals surface area contributed by atoms with E-state index in [9.17, 15) is 24.8 Å². The van der Waals surface area contributed by atoms with Crippen molar-refractivity contribution in [2.24, 2.45) is 5.92 Å². The molecule has 1 fully saturated rings. The van der Waals surface area contributed by atoms with Crippen molar-refractivity contribution in [1.29, 1.82) is 0 Å². The van der Waals surface area contributed by atoms with E-state index in [-0.39, 0.29) is 18.1 Å². The minimum absolute atomic E-state index is 0.151. The molecule has 1 saturated heterocycles. The summed E-state index contributed by atoms with van der Waals surface area (Å²) in [6.45, 7) is 2.73. The van der Waals surface area contributed by atoms with Crippen molar-refractivity contribution in [3.8, 4) is 0 Å². The fraction of sp³-hybridized carbons (Fsp3) is 0.375. The molecule has 1 aromatic rings. The molecule has 8 heteroatoms. The second-order valence-corrected chi connectivity index (χ2v) is 6.06. The van der Waals surface area contributed by atoms with Crippen LogP contribution in [0, 0.1) is 16.0 Å². The molecule has 0 saturated carbocycles. The lowest BCUT2D eigenvalue weighted by Gasteiger charge is -2.40. The largest absolute Gasteiger partial charge is 0.460 e. The minimum atomic E-state index is -1.64. The predicted octanol–water partition coefficient (Wildman–Crippen LogP) is 1.01. The van der Waals surface area contributed by atoms with E-state index in [0.717, 1.165) is 0 Å². The van der Waals surface area contributed by atoms with Gasteiger partial charge in [0.15, 0.2) is 11.5 Å². The lowest BCUT2D eigenvalue weighted by molar-refractivity contribution is -0.384. The number of Topliss-reactive ketones (excluding diaryl/α,β-unsaturated/α-hetero) is 1. The molecule has 2 heterocycles. The van der Waals surface area contributed by atoms with E-state index in [2.05, 4.69) is 5.32 Å². The smallest absolute Gasteiger partial charge is 0.315 e. The van der Waals surface area contributed by atoms with E-state index in [0.29, 0.717) is 16.8 Å². The van der Waals surface area contributed by atoms with Crippen LogP contribution in [0.3, 0.4) is 0 Å². The van der Waals surface area contributed by atoms with Gasteiger partial charge in [-0.1, -0.05) is 12.1 Å². The van der Waals surface area contributed by atoms with Gasteiger partial charge >= 0.3 is 5.97 Å². The van der Waals surface area contributed by atoms with Crippen molar-refractivity contribution in [3.63, 3.8) is 0 Å². The number of allylic oxidation sites excluding steroid dienone is 2. The molecule has 3 atom stereocenters. The molecule has 2 aliphatic rings. The molecule has 0 aliphatic carbocycles. The molecule has 24 heavy (non-hydrogen) atoms. The highest BCUT2D eigenvalue weighted by Crippen LogP contribution is 2.46. The highest BCUT2D eigenvalue weighted by molar-refractivity contribution is 5.97. The molecule has 0 radical (unpaired) electrons. The average Bonchev–Trinajstić information content (AvgIpc) is 2.80. The summed E-state index contributed by atoms with van der Waals surface area (Å²) < 4.78 is 4.99. The third-order valence-electron chi connectivity index (χ3n) is 4.47. The number of ether oxygens (including phenoxy) is 1. The SMILES string of the molecule is CC(=O)C1=C(C)N[C@@]2(O)COC(=O)[C@H]2[C@@H]1c1cccc([N+](=O)[O-])c1. The number of nitro groups is 1. The monoisotopic (exact) mass is 332 g/mol. The highest BCUT2D eigenvalue weighted by atomic mass is 16.6. The number of aliphatic hydroxyl groups is 1. The molecule has 2 N–H and O–H groups in total. The Balaban J connectivity index is 2.21. The van der Waals surface area contributed by atoms with Gasteiger partial charge in [-0.25, -0.2) is 0 Å². The third-order valence-corrected chi connectivity index (χ3v) is 4.47. The zero-order chi connectivity index (χ0) is 17.6. The Bertz CT molecular complexity index is 787. The number of carbonyl (C=O) groups excluding carboxylic acids is 2. The van der Waals surface area contributed by atoms with Crippen LogP contribution in [0.2, 0.25) is 0 Å². The van der Waals surface area contributed by atoms with Gasteiger partial charge in [0, 0.05) is 29.3 Å². The number of carbonyl (C=O) groups is 2. The molecule has 0 bridgehead atoms. The van der Waals surface area contributed by atoms with Crippen LogP contribution < -0.4 is 5.32 Å². The summed E-state index contributed by atoms with van der Waals surface area (Å²) in [6, 6.07) is 5.74. The Morgan fingerprint density at radius 1 is 1.50 bits per heavy atom. The number of nitro benzene ring substituents is 1. The van der Waals surface area contributed by atoms with Gasteiger partial charge in [0.25, 0.3) is 5.69 Å². The quantitative estimate of drug-likeness (QED) is 0.481. The van der Waals surface area contributed by atoms with Crippen molar-refractivity contribution < 1.29 is 24.4 Å². The zero-order valence-electron chi connectivity index (χ0n) is 13.1. The van der Waals surface area contributed by atoms with Gasteiger partial charge in [0.2, 0.25) is 0 Å². The van der Waals surface area contributed by atoms with E-state index < -0.39 is 28.5 Å².